The minimum atomic E-state index is -0.189. The SMILES string of the molecule is O=C=Nc1cccc2c(=O)[nH]ccc12. The monoisotopic (exact) mass is 186 g/mol. The number of pyridine rings is 1. The summed E-state index contributed by atoms with van der Waals surface area (Å²) in [6.45, 7) is 0. The second kappa shape index (κ2) is 3.28. The number of hydrogen-bond donors (Lipinski definition) is 1. The number of aliphatic imine (C=N–C) groups is 1. The van der Waals surface area contributed by atoms with Gasteiger partial charge in [0.05, 0.1) is 5.69 Å². The third-order valence-electron chi connectivity index (χ3n) is 1.96. The lowest BCUT2D eigenvalue weighted by molar-refractivity contribution is 0.565. The molecular weight excluding hydrogens is 180 g/mol. The number of nitrogens with one attached hydrogen (secondary N) is 1. The fourth-order valence-electron chi connectivity index (χ4n) is 1.35. The van der Waals surface area contributed by atoms with E-state index in [0.29, 0.717) is 16.5 Å². The second-order valence-corrected chi connectivity index (χ2v) is 2.75. The number of benzene rings is 1. The summed E-state index contributed by atoms with van der Waals surface area (Å²) in [5, 5.41) is 1.17. The third kappa shape index (κ3) is 1.24. The molecule has 1 heterocycles. The van der Waals surface area contributed by atoms with Gasteiger partial charge in [-0.05, 0) is 18.2 Å². The van der Waals surface area contributed by atoms with Crippen LogP contribution in [0, 0.1) is 0 Å². The summed E-state index contributed by atoms with van der Waals surface area (Å²) in [7, 11) is 0. The van der Waals surface area contributed by atoms with Crippen LogP contribution in [0.4, 0.5) is 5.69 Å². The Balaban J connectivity index is 2.94. The van der Waals surface area contributed by atoms with Crippen molar-refractivity contribution in [1.82, 2.24) is 4.98 Å². The Labute approximate surface area is 78.9 Å². The topological polar surface area (TPSA) is 62.3 Å². The minimum absolute atomic E-state index is 0.189. The van der Waals surface area contributed by atoms with Gasteiger partial charge in [0.1, 0.15) is 0 Å². The van der Waals surface area contributed by atoms with Gasteiger partial charge in [-0.1, -0.05) is 6.07 Å². The van der Waals surface area contributed by atoms with Gasteiger partial charge in [0.2, 0.25) is 6.08 Å². The van der Waals surface area contributed by atoms with E-state index in [0.717, 1.165) is 0 Å². The maximum Gasteiger partial charge on any atom is 0.255 e. The van der Waals surface area contributed by atoms with Gasteiger partial charge in [0, 0.05) is 17.0 Å². The van der Waals surface area contributed by atoms with Crippen molar-refractivity contribution in [3.05, 3.63) is 40.8 Å². The minimum Gasteiger partial charge on any atom is -0.329 e. The van der Waals surface area contributed by atoms with E-state index >= 15 is 0 Å². The average Bonchev–Trinajstić information content (AvgIpc) is 2.20. The molecule has 14 heavy (non-hydrogen) atoms. The molecule has 68 valence electrons. The number of nitrogens with zero attached hydrogens (tertiary/aromatic N) is 1. The summed E-state index contributed by atoms with van der Waals surface area (Å²) >= 11 is 0. The zero-order valence-electron chi connectivity index (χ0n) is 7.15. The number of carbonyl (C=O) groups excluding carboxylic acids is 1. The molecule has 0 fully saturated rings. The molecule has 0 amide bonds. The first kappa shape index (κ1) is 8.41. The van der Waals surface area contributed by atoms with Crippen LogP contribution in [-0.4, -0.2) is 11.1 Å². The molecule has 0 saturated heterocycles. The van der Waals surface area contributed by atoms with Crippen molar-refractivity contribution in [2.24, 2.45) is 4.99 Å². The van der Waals surface area contributed by atoms with Gasteiger partial charge in [-0.25, -0.2) is 4.79 Å². The smallest absolute Gasteiger partial charge is 0.255 e. The highest BCUT2D eigenvalue weighted by atomic mass is 16.1. The van der Waals surface area contributed by atoms with Crippen LogP contribution >= 0.6 is 0 Å². The van der Waals surface area contributed by atoms with Crippen molar-refractivity contribution in [2.45, 2.75) is 0 Å². The summed E-state index contributed by atoms with van der Waals surface area (Å²) in [6, 6.07) is 6.71. The van der Waals surface area contributed by atoms with Crippen molar-refractivity contribution >= 4 is 22.5 Å². The van der Waals surface area contributed by atoms with Crippen LogP contribution in [-0.2, 0) is 4.79 Å². The molecule has 1 aromatic heterocycles. The molecule has 4 heteroatoms. The van der Waals surface area contributed by atoms with E-state index in [9.17, 15) is 9.59 Å². The quantitative estimate of drug-likeness (QED) is 0.541. The molecule has 0 radical (unpaired) electrons. The van der Waals surface area contributed by atoms with Crippen LogP contribution in [0.15, 0.2) is 40.2 Å². The van der Waals surface area contributed by atoms with Crippen LogP contribution in [0.5, 0.6) is 0 Å². The van der Waals surface area contributed by atoms with Crippen molar-refractivity contribution in [2.75, 3.05) is 0 Å². The highest BCUT2D eigenvalue weighted by Gasteiger charge is 2.01. The summed E-state index contributed by atoms with van der Waals surface area (Å²) < 4.78 is 0. The summed E-state index contributed by atoms with van der Waals surface area (Å²) in [5.74, 6) is 0. The predicted molar refractivity (Wildman–Crippen MR) is 52.4 cm³/mol. The molecule has 0 bridgehead atoms. The molecule has 1 aromatic carbocycles. The Morgan fingerprint density at radius 2 is 2.07 bits per heavy atom. The van der Waals surface area contributed by atoms with Crippen molar-refractivity contribution in [3.8, 4) is 0 Å². The molecule has 0 aliphatic rings. The first-order chi connectivity index (χ1) is 6.83. The Hall–Kier alpha value is -2.19. The van der Waals surface area contributed by atoms with E-state index in [1.54, 1.807) is 24.3 Å². The number of fused-ring (bicyclic) bond motifs is 1. The van der Waals surface area contributed by atoms with Gasteiger partial charge in [-0.3, -0.25) is 4.79 Å². The molecule has 0 spiro atoms. The summed E-state index contributed by atoms with van der Waals surface area (Å²) in [4.78, 5) is 27.5. The van der Waals surface area contributed by atoms with Gasteiger partial charge >= 0.3 is 0 Å². The van der Waals surface area contributed by atoms with Crippen LogP contribution < -0.4 is 5.56 Å². The Morgan fingerprint density at radius 3 is 2.86 bits per heavy atom. The van der Waals surface area contributed by atoms with Crippen LogP contribution in [0.2, 0.25) is 0 Å². The third-order valence-corrected chi connectivity index (χ3v) is 1.96. The molecular formula is C10H6N2O2. The predicted octanol–water partition coefficient (Wildman–Crippen LogP) is 1.50. The molecule has 0 atom stereocenters. The summed E-state index contributed by atoms with van der Waals surface area (Å²) in [5.41, 5.74) is 0.272. The fraction of sp³-hybridized carbons (Fsp3) is 0. The maximum atomic E-state index is 11.3. The highest BCUT2D eigenvalue weighted by molar-refractivity contribution is 5.92. The van der Waals surface area contributed by atoms with Crippen LogP contribution in [0.3, 0.4) is 0 Å². The van der Waals surface area contributed by atoms with Gasteiger partial charge in [0.25, 0.3) is 5.56 Å². The fourth-order valence-corrected chi connectivity index (χ4v) is 1.35. The number of H-pyrrole nitrogens is 1. The Bertz CT molecular complexity index is 580. The molecule has 0 aliphatic heterocycles. The maximum absolute atomic E-state index is 11.3. The number of isocyanates is 1. The molecule has 0 unspecified atom stereocenters. The second-order valence-electron chi connectivity index (χ2n) is 2.75. The van der Waals surface area contributed by atoms with E-state index < -0.39 is 0 Å². The van der Waals surface area contributed by atoms with Gasteiger partial charge in [-0.2, -0.15) is 4.99 Å². The van der Waals surface area contributed by atoms with E-state index in [1.807, 2.05) is 0 Å². The number of hydrogen-bond acceptors (Lipinski definition) is 3. The number of aromatic amines is 1. The van der Waals surface area contributed by atoms with Crippen molar-refractivity contribution in [1.29, 1.82) is 0 Å². The Kier molecular flexibility index (Phi) is 1.97. The normalized spacial score (nSPS) is 9.71. The molecule has 1 N–H and O–H groups in total. The van der Waals surface area contributed by atoms with E-state index in [4.69, 9.17) is 0 Å². The summed E-state index contributed by atoms with van der Waals surface area (Å²) in [6.07, 6.45) is 2.98. The molecule has 4 nitrogen and oxygen atoms in total. The van der Waals surface area contributed by atoms with Crippen molar-refractivity contribution < 1.29 is 4.79 Å². The van der Waals surface area contributed by atoms with E-state index in [2.05, 4.69) is 9.98 Å². The van der Waals surface area contributed by atoms with Gasteiger partial charge in [-0.15, -0.1) is 0 Å². The van der Waals surface area contributed by atoms with E-state index in [-0.39, 0.29) is 5.56 Å². The lowest BCUT2D eigenvalue weighted by atomic mass is 10.1. The van der Waals surface area contributed by atoms with Crippen molar-refractivity contribution in [3.63, 3.8) is 0 Å². The molecule has 0 aliphatic carbocycles. The first-order valence-corrected chi connectivity index (χ1v) is 4.01. The lowest BCUT2D eigenvalue weighted by Gasteiger charge is -1.97. The van der Waals surface area contributed by atoms with Gasteiger partial charge < -0.3 is 4.98 Å². The number of aromatic nitrogens is 1. The highest BCUT2D eigenvalue weighted by Crippen LogP contribution is 2.22. The lowest BCUT2D eigenvalue weighted by Crippen LogP contribution is -2.03. The number of rotatable bonds is 1. The standard InChI is InChI=1S/C10H6N2O2/c13-6-12-9-3-1-2-8-7(9)4-5-11-10(8)14/h1-5H,(H,11,14). The van der Waals surface area contributed by atoms with Crippen LogP contribution in [0.25, 0.3) is 10.8 Å². The largest absolute Gasteiger partial charge is 0.329 e. The van der Waals surface area contributed by atoms with Crippen LogP contribution in [0.1, 0.15) is 0 Å². The first-order valence-electron chi connectivity index (χ1n) is 4.01. The van der Waals surface area contributed by atoms with Gasteiger partial charge in [0.15, 0.2) is 0 Å². The Morgan fingerprint density at radius 1 is 1.21 bits per heavy atom. The van der Waals surface area contributed by atoms with E-state index in [1.165, 1.54) is 12.3 Å². The average molecular weight is 186 g/mol. The molecule has 2 aromatic rings. The molecule has 0 saturated carbocycles. The zero-order valence-corrected chi connectivity index (χ0v) is 7.15. The zero-order chi connectivity index (χ0) is 9.97. The molecule has 2 rings (SSSR count).